The van der Waals surface area contributed by atoms with Gasteiger partial charge in [-0.15, -0.1) is 0 Å². The predicted molar refractivity (Wildman–Crippen MR) is 46.9 cm³/mol. The Kier molecular flexibility index (Phi) is 4.86. The first kappa shape index (κ1) is 16.8. The summed E-state index contributed by atoms with van der Waals surface area (Å²) in [7, 11) is 0.747. The molecule has 1 amide bonds. The Bertz CT molecular complexity index is 308. The van der Waals surface area contributed by atoms with Crippen LogP contribution in [0.2, 0.25) is 0 Å². The number of hydrogen-bond donors (Lipinski definition) is 1. The van der Waals surface area contributed by atoms with E-state index in [9.17, 15) is 31.1 Å². The maximum Gasteiger partial charge on any atom is 0.448 e. The number of ether oxygens (including phenoxy) is 1. The molecule has 0 aromatic carbocycles. The van der Waals surface area contributed by atoms with Crippen LogP contribution in [-0.4, -0.2) is 47.8 Å². The number of carbonyl (C=O) groups is 1. The summed E-state index contributed by atoms with van der Waals surface area (Å²) in [6.07, 6.45) is -10.1. The molecule has 0 saturated carbocycles. The summed E-state index contributed by atoms with van der Waals surface area (Å²) >= 11 is 0. The second-order valence-corrected chi connectivity index (χ2v) is 3.31. The van der Waals surface area contributed by atoms with E-state index in [1.807, 2.05) is 0 Å². The van der Waals surface area contributed by atoms with Crippen molar-refractivity contribution in [2.45, 2.75) is 31.2 Å². The van der Waals surface area contributed by atoms with Crippen LogP contribution in [0.5, 0.6) is 0 Å². The van der Waals surface area contributed by atoms with Crippen LogP contribution in [0.4, 0.5) is 31.1 Å². The Morgan fingerprint density at radius 3 is 1.89 bits per heavy atom. The van der Waals surface area contributed by atoms with Crippen LogP contribution in [-0.2, 0) is 4.74 Å². The fourth-order valence-electron chi connectivity index (χ4n) is 1.20. The van der Waals surface area contributed by atoms with Crippen molar-refractivity contribution in [2.75, 3.05) is 13.8 Å². The molecule has 0 fully saturated rings. The van der Waals surface area contributed by atoms with Crippen molar-refractivity contribution in [1.82, 2.24) is 4.90 Å². The van der Waals surface area contributed by atoms with Crippen LogP contribution in [0.25, 0.3) is 0 Å². The quantitative estimate of drug-likeness (QED) is 0.479. The highest BCUT2D eigenvalue weighted by molar-refractivity contribution is 5.66. The number of alkyl halides is 6. The van der Waals surface area contributed by atoms with Crippen molar-refractivity contribution < 1.29 is 41.0 Å². The van der Waals surface area contributed by atoms with E-state index in [1.54, 1.807) is 0 Å². The normalized spacial score (nSPS) is 16.2. The van der Waals surface area contributed by atoms with Crippen LogP contribution in [0.15, 0.2) is 0 Å². The molecule has 0 heterocycles. The molecule has 0 aromatic rings. The second kappa shape index (κ2) is 5.21. The second-order valence-electron chi connectivity index (χ2n) is 3.31. The van der Waals surface area contributed by atoms with Crippen molar-refractivity contribution >= 4 is 6.09 Å². The van der Waals surface area contributed by atoms with E-state index < -0.39 is 42.0 Å². The molecular weight excluding hydrogens is 272 g/mol. The van der Waals surface area contributed by atoms with Gasteiger partial charge >= 0.3 is 24.0 Å². The number of nitrogens with zero attached hydrogens (tertiary/aromatic N) is 1. The summed E-state index contributed by atoms with van der Waals surface area (Å²) in [6.45, 7) is -0.881. The van der Waals surface area contributed by atoms with E-state index in [4.69, 9.17) is 5.11 Å². The molecular formula is C8H11F6NO3. The minimum absolute atomic E-state index is 0.604. The van der Waals surface area contributed by atoms with Gasteiger partial charge in [0.2, 0.25) is 0 Å². The van der Waals surface area contributed by atoms with Gasteiger partial charge in [0.15, 0.2) is 0 Å². The van der Waals surface area contributed by atoms with Gasteiger partial charge < -0.3 is 9.84 Å². The average Bonchev–Trinajstić information content (AvgIpc) is 2.22. The fraction of sp³-hybridized carbons (Fsp3) is 0.875. The Balaban J connectivity index is 5.82. The molecule has 0 spiro atoms. The lowest BCUT2D eigenvalue weighted by molar-refractivity contribution is -0.353. The largest absolute Gasteiger partial charge is 0.465 e. The van der Waals surface area contributed by atoms with Crippen LogP contribution in [0, 0.1) is 0 Å². The molecule has 0 aliphatic heterocycles. The first-order valence-electron chi connectivity index (χ1n) is 4.58. The molecule has 0 aliphatic carbocycles. The first-order chi connectivity index (χ1) is 7.95. The third kappa shape index (κ3) is 2.62. The lowest BCUT2D eigenvalue weighted by Gasteiger charge is -2.40. The average molecular weight is 283 g/mol. The van der Waals surface area contributed by atoms with Gasteiger partial charge in [0.05, 0.1) is 0 Å². The molecule has 1 unspecified atom stereocenters. The van der Waals surface area contributed by atoms with Gasteiger partial charge in [0.25, 0.3) is 0 Å². The van der Waals surface area contributed by atoms with Gasteiger partial charge in [-0.3, -0.25) is 0 Å². The van der Waals surface area contributed by atoms with Crippen molar-refractivity contribution in [3.8, 4) is 0 Å². The van der Waals surface area contributed by atoms with Gasteiger partial charge in [-0.1, -0.05) is 6.92 Å². The summed E-state index contributed by atoms with van der Waals surface area (Å²) in [6, 6.07) is 0. The van der Waals surface area contributed by atoms with Crippen LogP contribution in [0.3, 0.4) is 0 Å². The lowest BCUT2D eigenvalue weighted by Crippen LogP contribution is -2.67. The Morgan fingerprint density at radius 2 is 1.67 bits per heavy atom. The smallest absolute Gasteiger partial charge is 0.448 e. The molecule has 0 bridgehead atoms. The van der Waals surface area contributed by atoms with E-state index in [-0.39, 0.29) is 0 Å². The molecule has 108 valence electrons. The van der Waals surface area contributed by atoms with Crippen molar-refractivity contribution in [1.29, 1.82) is 0 Å². The number of methoxy groups -OCH3 is 1. The zero-order valence-electron chi connectivity index (χ0n) is 9.39. The van der Waals surface area contributed by atoms with Crippen LogP contribution >= 0.6 is 0 Å². The standard InChI is InChI=1S/C8H11F6NO3/c1-3-6(9,10)7(11,8(12,13)14)15(4-18-2)5(16)17/h3-4H2,1-2H3,(H,16,17). The van der Waals surface area contributed by atoms with E-state index in [0.29, 0.717) is 6.92 Å². The Morgan fingerprint density at radius 1 is 1.22 bits per heavy atom. The molecule has 0 aliphatic rings. The monoisotopic (exact) mass is 283 g/mol. The Labute approximate surface area is 98.1 Å². The van der Waals surface area contributed by atoms with Gasteiger partial charge in [-0.25, -0.2) is 22.9 Å². The van der Waals surface area contributed by atoms with Gasteiger partial charge in [-0.2, -0.15) is 13.2 Å². The van der Waals surface area contributed by atoms with Crippen molar-refractivity contribution in [2.24, 2.45) is 0 Å². The van der Waals surface area contributed by atoms with E-state index in [2.05, 4.69) is 4.74 Å². The van der Waals surface area contributed by atoms with E-state index in [1.165, 1.54) is 0 Å². The fourth-order valence-corrected chi connectivity index (χ4v) is 1.20. The van der Waals surface area contributed by atoms with Crippen LogP contribution in [0.1, 0.15) is 13.3 Å². The van der Waals surface area contributed by atoms with E-state index in [0.717, 1.165) is 7.11 Å². The molecule has 10 heteroatoms. The molecule has 0 aromatic heterocycles. The molecule has 4 nitrogen and oxygen atoms in total. The summed E-state index contributed by atoms with van der Waals surface area (Å²) in [4.78, 5) is 9.40. The zero-order chi connectivity index (χ0) is 14.8. The third-order valence-electron chi connectivity index (χ3n) is 2.17. The Hall–Kier alpha value is -1.19. The van der Waals surface area contributed by atoms with Gasteiger partial charge in [0.1, 0.15) is 6.73 Å². The molecule has 0 radical (unpaired) electrons. The van der Waals surface area contributed by atoms with Crippen LogP contribution < -0.4 is 0 Å². The van der Waals surface area contributed by atoms with E-state index >= 15 is 0 Å². The summed E-state index contributed by atoms with van der Waals surface area (Å²) in [5.41, 5.74) is 0. The zero-order valence-corrected chi connectivity index (χ0v) is 9.39. The highest BCUT2D eigenvalue weighted by Crippen LogP contribution is 2.49. The van der Waals surface area contributed by atoms with Gasteiger partial charge in [-0.05, 0) is 0 Å². The maximum atomic E-state index is 13.8. The van der Waals surface area contributed by atoms with Crippen molar-refractivity contribution in [3.63, 3.8) is 0 Å². The summed E-state index contributed by atoms with van der Waals surface area (Å²) in [5.74, 6) is -10.3. The number of hydrogen-bond acceptors (Lipinski definition) is 2. The molecule has 1 atom stereocenters. The highest BCUT2D eigenvalue weighted by atomic mass is 19.4. The van der Waals surface area contributed by atoms with Crippen molar-refractivity contribution in [3.05, 3.63) is 0 Å². The molecule has 0 saturated heterocycles. The minimum atomic E-state index is -6.11. The molecule has 0 rings (SSSR count). The first-order valence-corrected chi connectivity index (χ1v) is 4.58. The highest BCUT2D eigenvalue weighted by Gasteiger charge is 2.75. The summed E-state index contributed by atoms with van der Waals surface area (Å²) < 4.78 is 81.7. The summed E-state index contributed by atoms with van der Waals surface area (Å²) in [5, 5.41) is 8.43. The number of rotatable bonds is 5. The maximum absolute atomic E-state index is 13.8. The number of amides is 1. The SMILES string of the molecule is CCC(F)(F)C(F)(N(COC)C(=O)O)C(F)(F)F. The number of halogens is 6. The molecule has 18 heavy (non-hydrogen) atoms. The predicted octanol–water partition coefficient (Wildman–Crippen LogP) is 2.84. The minimum Gasteiger partial charge on any atom is -0.465 e. The molecule has 1 N–H and O–H groups in total. The lowest BCUT2D eigenvalue weighted by atomic mass is 10.0. The third-order valence-corrected chi connectivity index (χ3v) is 2.17. The van der Waals surface area contributed by atoms with Gasteiger partial charge in [0, 0.05) is 13.5 Å². The number of carboxylic acid groups (broad SMARTS) is 1. The topological polar surface area (TPSA) is 49.8 Å².